The van der Waals surface area contributed by atoms with Crippen molar-refractivity contribution in [3.05, 3.63) is 27.9 Å². The lowest BCUT2D eigenvalue weighted by Crippen LogP contribution is -1.92. The van der Waals surface area contributed by atoms with E-state index in [2.05, 4.69) is 15.0 Å². The highest BCUT2D eigenvalue weighted by molar-refractivity contribution is 7.16. The molecule has 2 aromatic rings. The summed E-state index contributed by atoms with van der Waals surface area (Å²) in [5.41, 5.74) is 1.47. The van der Waals surface area contributed by atoms with Crippen molar-refractivity contribution in [2.75, 3.05) is 6.61 Å². The standard InChI is InChI=1S/C9H8ClN3OS/c10-9-13-8(7(15-9)2-4-14)6-1-3-11-5-12-6/h1,3,5,14H,2,4H2. The van der Waals surface area contributed by atoms with Crippen LogP contribution in [0.15, 0.2) is 18.6 Å². The van der Waals surface area contributed by atoms with E-state index in [9.17, 15) is 0 Å². The second-order valence-corrected chi connectivity index (χ2v) is 4.47. The van der Waals surface area contributed by atoms with Gasteiger partial charge >= 0.3 is 0 Å². The maximum Gasteiger partial charge on any atom is 0.184 e. The van der Waals surface area contributed by atoms with E-state index in [0.717, 1.165) is 16.3 Å². The van der Waals surface area contributed by atoms with Crippen molar-refractivity contribution in [3.8, 4) is 11.4 Å². The molecule has 0 aliphatic rings. The predicted octanol–water partition coefficient (Wildman–Crippen LogP) is 1.79. The molecule has 0 aliphatic heterocycles. The van der Waals surface area contributed by atoms with Gasteiger partial charge in [-0.05, 0) is 6.07 Å². The summed E-state index contributed by atoms with van der Waals surface area (Å²) in [6.07, 6.45) is 3.66. The molecule has 0 aromatic carbocycles. The van der Waals surface area contributed by atoms with Gasteiger partial charge in [0.1, 0.15) is 12.0 Å². The highest BCUT2D eigenvalue weighted by Crippen LogP contribution is 2.29. The topological polar surface area (TPSA) is 58.9 Å². The molecule has 6 heteroatoms. The van der Waals surface area contributed by atoms with Gasteiger partial charge in [0, 0.05) is 24.1 Å². The fraction of sp³-hybridized carbons (Fsp3) is 0.222. The van der Waals surface area contributed by atoms with Crippen LogP contribution in [0.5, 0.6) is 0 Å². The molecule has 2 heterocycles. The van der Waals surface area contributed by atoms with E-state index >= 15 is 0 Å². The summed E-state index contributed by atoms with van der Waals surface area (Å²) in [6, 6.07) is 1.77. The van der Waals surface area contributed by atoms with Crippen molar-refractivity contribution in [2.24, 2.45) is 0 Å². The Hall–Kier alpha value is -1.04. The minimum Gasteiger partial charge on any atom is -0.396 e. The van der Waals surface area contributed by atoms with Crippen molar-refractivity contribution in [1.29, 1.82) is 0 Å². The lowest BCUT2D eigenvalue weighted by atomic mass is 10.2. The highest BCUT2D eigenvalue weighted by Gasteiger charge is 2.12. The lowest BCUT2D eigenvalue weighted by Gasteiger charge is -1.98. The minimum atomic E-state index is 0.0800. The summed E-state index contributed by atoms with van der Waals surface area (Å²) >= 11 is 7.20. The molecule has 0 radical (unpaired) electrons. The number of hydrogen-bond acceptors (Lipinski definition) is 5. The average molecular weight is 242 g/mol. The van der Waals surface area contributed by atoms with Crippen LogP contribution < -0.4 is 0 Å². The lowest BCUT2D eigenvalue weighted by molar-refractivity contribution is 0.300. The Labute approximate surface area is 95.6 Å². The number of rotatable bonds is 3. The van der Waals surface area contributed by atoms with E-state index in [1.165, 1.54) is 17.7 Å². The van der Waals surface area contributed by atoms with Crippen LogP contribution in [0.2, 0.25) is 4.47 Å². The fourth-order valence-electron chi connectivity index (χ4n) is 1.22. The van der Waals surface area contributed by atoms with E-state index in [1.807, 2.05) is 0 Å². The van der Waals surface area contributed by atoms with Crippen molar-refractivity contribution < 1.29 is 5.11 Å². The molecule has 0 atom stereocenters. The van der Waals surface area contributed by atoms with E-state index in [-0.39, 0.29) is 6.61 Å². The van der Waals surface area contributed by atoms with Crippen LogP contribution in [0.25, 0.3) is 11.4 Å². The number of halogens is 1. The van der Waals surface area contributed by atoms with Gasteiger partial charge in [-0.1, -0.05) is 11.6 Å². The fourth-order valence-corrected chi connectivity index (χ4v) is 2.37. The molecule has 0 fully saturated rings. The van der Waals surface area contributed by atoms with Gasteiger partial charge in [-0.2, -0.15) is 0 Å². The van der Waals surface area contributed by atoms with Crippen molar-refractivity contribution in [1.82, 2.24) is 15.0 Å². The quantitative estimate of drug-likeness (QED) is 0.890. The second kappa shape index (κ2) is 4.65. The summed E-state index contributed by atoms with van der Waals surface area (Å²) in [5.74, 6) is 0. The highest BCUT2D eigenvalue weighted by atomic mass is 35.5. The van der Waals surface area contributed by atoms with E-state index < -0.39 is 0 Å². The van der Waals surface area contributed by atoms with Gasteiger partial charge in [0.05, 0.1) is 5.69 Å². The van der Waals surface area contributed by atoms with Crippen molar-refractivity contribution in [3.63, 3.8) is 0 Å². The number of nitrogens with zero attached hydrogens (tertiary/aromatic N) is 3. The first-order valence-electron chi connectivity index (χ1n) is 4.33. The van der Waals surface area contributed by atoms with E-state index in [0.29, 0.717) is 10.9 Å². The first-order chi connectivity index (χ1) is 7.31. The third-order valence-corrected chi connectivity index (χ3v) is 3.05. The third kappa shape index (κ3) is 2.31. The van der Waals surface area contributed by atoms with Gasteiger partial charge in [0.2, 0.25) is 0 Å². The van der Waals surface area contributed by atoms with Gasteiger partial charge in [-0.25, -0.2) is 15.0 Å². The summed E-state index contributed by atoms with van der Waals surface area (Å²) < 4.78 is 0.465. The summed E-state index contributed by atoms with van der Waals surface area (Å²) in [7, 11) is 0. The van der Waals surface area contributed by atoms with Crippen molar-refractivity contribution in [2.45, 2.75) is 6.42 Å². The molecule has 1 N–H and O–H groups in total. The molecular formula is C9H8ClN3OS. The minimum absolute atomic E-state index is 0.0800. The van der Waals surface area contributed by atoms with Crippen LogP contribution in [-0.4, -0.2) is 26.7 Å². The van der Waals surface area contributed by atoms with Crippen LogP contribution >= 0.6 is 22.9 Å². The zero-order valence-electron chi connectivity index (χ0n) is 7.72. The molecule has 78 valence electrons. The Morgan fingerprint density at radius 2 is 2.33 bits per heavy atom. The second-order valence-electron chi connectivity index (χ2n) is 2.81. The first-order valence-corrected chi connectivity index (χ1v) is 5.53. The molecule has 0 unspecified atom stereocenters. The molecule has 0 amide bonds. The van der Waals surface area contributed by atoms with E-state index in [4.69, 9.17) is 16.7 Å². The van der Waals surface area contributed by atoms with Crippen LogP contribution in [-0.2, 0) is 6.42 Å². The SMILES string of the molecule is OCCc1sc(Cl)nc1-c1ccncn1. The largest absolute Gasteiger partial charge is 0.396 e. The van der Waals surface area contributed by atoms with Gasteiger partial charge in [-0.3, -0.25) is 0 Å². The van der Waals surface area contributed by atoms with Gasteiger partial charge in [-0.15, -0.1) is 11.3 Å². The first kappa shape index (κ1) is 10.5. The molecule has 15 heavy (non-hydrogen) atoms. The molecule has 0 saturated heterocycles. The van der Waals surface area contributed by atoms with Gasteiger partial charge in [0.25, 0.3) is 0 Å². The maximum absolute atomic E-state index is 8.90. The Kier molecular flexibility index (Phi) is 3.25. The molecule has 0 saturated carbocycles. The Balaban J connectivity index is 2.43. The summed E-state index contributed by atoms with van der Waals surface area (Å²) in [5, 5.41) is 8.90. The molecule has 2 rings (SSSR count). The van der Waals surface area contributed by atoms with Crippen LogP contribution in [0.3, 0.4) is 0 Å². The average Bonchev–Trinajstić information content (AvgIpc) is 2.62. The zero-order valence-corrected chi connectivity index (χ0v) is 9.29. The normalized spacial score (nSPS) is 10.5. The Morgan fingerprint density at radius 3 is 3.00 bits per heavy atom. The number of thiazole rings is 1. The molecule has 2 aromatic heterocycles. The Bertz CT molecular complexity index is 446. The number of hydrogen-bond donors (Lipinski definition) is 1. The predicted molar refractivity (Wildman–Crippen MR) is 58.9 cm³/mol. The number of aliphatic hydroxyl groups excluding tert-OH is 1. The van der Waals surface area contributed by atoms with Crippen LogP contribution in [0, 0.1) is 0 Å². The molecule has 0 aliphatic carbocycles. The monoisotopic (exact) mass is 241 g/mol. The molecule has 4 nitrogen and oxygen atoms in total. The zero-order chi connectivity index (χ0) is 10.7. The van der Waals surface area contributed by atoms with Crippen LogP contribution in [0.1, 0.15) is 4.88 Å². The number of aliphatic hydroxyl groups is 1. The maximum atomic E-state index is 8.90. The molecule has 0 bridgehead atoms. The van der Waals surface area contributed by atoms with E-state index in [1.54, 1.807) is 12.3 Å². The smallest absolute Gasteiger partial charge is 0.184 e. The van der Waals surface area contributed by atoms with Gasteiger partial charge in [0.15, 0.2) is 4.47 Å². The summed E-state index contributed by atoms with van der Waals surface area (Å²) in [6.45, 7) is 0.0800. The third-order valence-electron chi connectivity index (χ3n) is 1.83. The van der Waals surface area contributed by atoms with Crippen LogP contribution in [0.4, 0.5) is 0 Å². The van der Waals surface area contributed by atoms with Crippen molar-refractivity contribution >= 4 is 22.9 Å². The molecular weight excluding hydrogens is 234 g/mol. The summed E-state index contributed by atoms with van der Waals surface area (Å²) in [4.78, 5) is 13.1. The molecule has 0 spiro atoms. The number of aromatic nitrogens is 3. The Morgan fingerprint density at radius 1 is 1.47 bits per heavy atom. The van der Waals surface area contributed by atoms with Gasteiger partial charge < -0.3 is 5.11 Å².